The third-order valence-electron chi connectivity index (χ3n) is 3.29. The average molecular weight is 451 g/mol. The number of nitrogens with one attached hydrogen (secondary N) is 1. The lowest BCUT2D eigenvalue weighted by Crippen LogP contribution is -2.33. The molecule has 0 saturated heterocycles. The molecule has 2 aromatic carbocycles. The molecule has 2 unspecified atom stereocenters. The number of nitriles is 1. The van der Waals surface area contributed by atoms with Crippen LogP contribution in [0.5, 0.6) is 0 Å². The Morgan fingerprint density at radius 2 is 1.96 bits per heavy atom. The average Bonchev–Trinajstić information content (AvgIpc) is 2.56. The first-order valence-corrected chi connectivity index (χ1v) is 10.7. The Morgan fingerprint density at radius 3 is 2.48 bits per heavy atom. The molecule has 0 aliphatic heterocycles. The van der Waals surface area contributed by atoms with Crippen LogP contribution >= 0.6 is 23.2 Å². The predicted octanol–water partition coefficient (Wildman–Crippen LogP) is 3.37. The van der Waals surface area contributed by atoms with E-state index in [9.17, 15) is 26.8 Å². The molecule has 0 aliphatic rings. The Kier molecular flexibility index (Phi) is 6.67. The maximum Gasteiger partial charge on any atom is 0.242 e. The van der Waals surface area contributed by atoms with Crippen LogP contribution in [0, 0.1) is 17.1 Å². The quantitative estimate of drug-likeness (QED) is 0.674. The summed E-state index contributed by atoms with van der Waals surface area (Å²) in [5.74, 6) is -0.663. The van der Waals surface area contributed by atoms with Crippen LogP contribution < -0.4 is 9.03 Å². The summed E-state index contributed by atoms with van der Waals surface area (Å²) in [6, 6.07) is 8.00. The second kappa shape index (κ2) is 8.41. The first kappa shape index (κ1) is 21.4. The van der Waals surface area contributed by atoms with E-state index in [-0.39, 0.29) is 30.7 Å². The Morgan fingerprint density at radius 1 is 1.30 bits per heavy atom. The fraction of sp³-hybridized carbons (Fsp3) is 0.133. The Balaban J connectivity index is 2.57. The van der Waals surface area contributed by atoms with Gasteiger partial charge in [0.05, 0.1) is 34.3 Å². The molecule has 0 amide bonds. The molecule has 0 heterocycles. The molecule has 1 N–H and O–H groups in total. The summed E-state index contributed by atoms with van der Waals surface area (Å²) < 4.78 is 60.2. The summed E-state index contributed by atoms with van der Waals surface area (Å²) in [4.78, 5) is 0. The molecule has 27 heavy (non-hydrogen) atoms. The van der Waals surface area contributed by atoms with Crippen LogP contribution in [0.1, 0.15) is 11.6 Å². The Labute approximate surface area is 167 Å². The van der Waals surface area contributed by atoms with Crippen LogP contribution in [0.2, 0.25) is 10.0 Å². The van der Waals surface area contributed by atoms with Crippen LogP contribution in [0.25, 0.3) is 0 Å². The highest BCUT2D eigenvalue weighted by Gasteiger charge is 2.26. The van der Waals surface area contributed by atoms with Crippen molar-refractivity contribution in [3.05, 3.63) is 57.8 Å². The SMILES string of the molecule is CS(=O)(=O)N(c1ccc(Cl)cc1C(C#N)Nc1ccc(F)c(Cl)c1)S(=O)[O-]. The van der Waals surface area contributed by atoms with E-state index < -0.39 is 33.1 Å². The highest BCUT2D eigenvalue weighted by molar-refractivity contribution is 8.05. The van der Waals surface area contributed by atoms with Crippen molar-refractivity contribution in [2.75, 3.05) is 15.3 Å². The van der Waals surface area contributed by atoms with Crippen LogP contribution in [0.3, 0.4) is 0 Å². The molecule has 0 fully saturated rings. The number of nitrogens with zero attached hydrogens (tertiary/aromatic N) is 2. The summed E-state index contributed by atoms with van der Waals surface area (Å²) in [5, 5.41) is 12.2. The van der Waals surface area contributed by atoms with E-state index in [2.05, 4.69) is 5.32 Å². The molecule has 0 bridgehead atoms. The number of sulfonamides is 1. The molecular formula is C15H11Cl2FN3O4S2-. The number of benzene rings is 2. The van der Waals surface area contributed by atoms with E-state index in [1.807, 2.05) is 6.07 Å². The number of hydrogen-bond donors (Lipinski definition) is 1. The van der Waals surface area contributed by atoms with E-state index in [0.29, 0.717) is 6.26 Å². The molecule has 0 spiro atoms. The van der Waals surface area contributed by atoms with Gasteiger partial charge in [-0.15, -0.1) is 0 Å². The van der Waals surface area contributed by atoms with Gasteiger partial charge in [0.15, 0.2) is 0 Å². The Bertz CT molecular complexity index is 1040. The fourth-order valence-corrected chi connectivity index (χ4v) is 4.32. The molecule has 2 atom stereocenters. The van der Waals surface area contributed by atoms with E-state index in [1.54, 1.807) is 0 Å². The third kappa shape index (κ3) is 5.09. The van der Waals surface area contributed by atoms with E-state index in [1.165, 1.54) is 24.3 Å². The van der Waals surface area contributed by atoms with Gasteiger partial charge in [-0.1, -0.05) is 23.2 Å². The maximum absolute atomic E-state index is 13.3. The van der Waals surface area contributed by atoms with Crippen LogP contribution in [-0.4, -0.2) is 23.4 Å². The van der Waals surface area contributed by atoms with Gasteiger partial charge in [0.2, 0.25) is 10.0 Å². The molecule has 144 valence electrons. The first-order chi connectivity index (χ1) is 12.5. The monoisotopic (exact) mass is 450 g/mol. The van der Waals surface area contributed by atoms with Crippen LogP contribution in [0.4, 0.5) is 15.8 Å². The highest BCUT2D eigenvalue weighted by Crippen LogP contribution is 2.33. The molecule has 2 aromatic rings. The lowest BCUT2D eigenvalue weighted by atomic mass is 10.1. The normalized spacial score (nSPS) is 13.5. The van der Waals surface area contributed by atoms with E-state index in [4.69, 9.17) is 23.2 Å². The minimum atomic E-state index is -4.21. The van der Waals surface area contributed by atoms with E-state index in [0.717, 1.165) is 12.1 Å². The topological polar surface area (TPSA) is 113 Å². The fourth-order valence-electron chi connectivity index (χ4n) is 2.22. The number of anilines is 2. The summed E-state index contributed by atoms with van der Waals surface area (Å²) in [5.41, 5.74) is -0.0319. The van der Waals surface area contributed by atoms with Gasteiger partial charge in [-0.05, 0) is 36.4 Å². The summed E-state index contributed by atoms with van der Waals surface area (Å²) in [6.07, 6.45) is 0.704. The van der Waals surface area contributed by atoms with Gasteiger partial charge in [-0.25, -0.2) is 12.8 Å². The molecule has 0 aliphatic carbocycles. The van der Waals surface area contributed by atoms with Crippen molar-refractivity contribution in [1.29, 1.82) is 5.26 Å². The maximum atomic E-state index is 13.3. The molecular weight excluding hydrogens is 440 g/mol. The summed E-state index contributed by atoms with van der Waals surface area (Å²) in [6.45, 7) is 0. The lowest BCUT2D eigenvalue weighted by molar-refractivity contribution is 0.536. The third-order valence-corrected chi connectivity index (χ3v) is 6.26. The zero-order valence-electron chi connectivity index (χ0n) is 13.5. The smallest absolute Gasteiger partial charge is 0.242 e. The van der Waals surface area contributed by atoms with Crippen LogP contribution in [-0.2, 0) is 21.3 Å². The molecule has 12 heteroatoms. The molecule has 2 rings (SSSR count). The van der Waals surface area contributed by atoms with Crippen LogP contribution in [0.15, 0.2) is 36.4 Å². The van der Waals surface area contributed by atoms with Crippen molar-refractivity contribution < 1.29 is 21.6 Å². The number of halogens is 3. The lowest BCUT2D eigenvalue weighted by Gasteiger charge is -2.27. The zero-order chi connectivity index (χ0) is 20.4. The van der Waals surface area contributed by atoms with Gasteiger partial charge in [0.1, 0.15) is 11.9 Å². The van der Waals surface area contributed by atoms with Gasteiger partial charge in [-0.2, -0.15) is 8.97 Å². The van der Waals surface area contributed by atoms with Crippen molar-refractivity contribution in [2.24, 2.45) is 0 Å². The number of rotatable bonds is 6. The minimum Gasteiger partial charge on any atom is -0.754 e. The first-order valence-electron chi connectivity index (χ1n) is 7.05. The second-order valence-corrected chi connectivity index (χ2v) is 8.95. The van der Waals surface area contributed by atoms with Crippen molar-refractivity contribution in [3.8, 4) is 6.07 Å². The van der Waals surface area contributed by atoms with Gasteiger partial charge >= 0.3 is 0 Å². The summed E-state index contributed by atoms with van der Waals surface area (Å²) >= 11 is 8.47. The molecule has 0 radical (unpaired) electrons. The van der Waals surface area contributed by atoms with Gasteiger partial charge in [0.25, 0.3) is 0 Å². The van der Waals surface area contributed by atoms with Crippen molar-refractivity contribution in [1.82, 2.24) is 0 Å². The second-order valence-electron chi connectivity index (χ2n) is 5.25. The predicted molar refractivity (Wildman–Crippen MR) is 101 cm³/mol. The zero-order valence-corrected chi connectivity index (χ0v) is 16.7. The molecule has 0 aromatic heterocycles. The molecule has 7 nitrogen and oxygen atoms in total. The highest BCUT2D eigenvalue weighted by atomic mass is 35.5. The number of hydrogen-bond acceptors (Lipinski definition) is 6. The van der Waals surface area contributed by atoms with Crippen molar-refractivity contribution in [2.45, 2.75) is 6.04 Å². The van der Waals surface area contributed by atoms with E-state index >= 15 is 0 Å². The Hall–Kier alpha value is -1.90. The van der Waals surface area contributed by atoms with Gasteiger partial charge in [-0.3, -0.25) is 4.21 Å². The van der Waals surface area contributed by atoms with Crippen molar-refractivity contribution >= 4 is 55.9 Å². The standard InChI is InChI=1S/C15H12Cl2FN3O4S2/c1-27(24,25)21(26(22)23)15-5-2-9(16)6-11(15)14(8-19)20-10-3-4-13(18)12(17)7-10/h2-7,14,20H,1H3,(H,22,23)/p-1. The van der Waals surface area contributed by atoms with Gasteiger partial charge in [0, 0.05) is 16.3 Å². The minimum absolute atomic E-state index is 0.0138. The largest absolute Gasteiger partial charge is 0.754 e. The molecule has 0 saturated carbocycles. The summed E-state index contributed by atoms with van der Waals surface area (Å²) in [7, 11) is -4.21. The van der Waals surface area contributed by atoms with Crippen molar-refractivity contribution in [3.63, 3.8) is 0 Å². The van der Waals surface area contributed by atoms with Gasteiger partial charge < -0.3 is 9.87 Å².